The number of halogens is 4. The van der Waals surface area contributed by atoms with E-state index in [4.69, 9.17) is 4.74 Å². The Morgan fingerprint density at radius 3 is 2.61 bits per heavy atom. The molecule has 3 rings (SSSR count). The number of ether oxygens (including phenoxy) is 1. The topological polar surface area (TPSA) is 73.2 Å². The number of imidazole rings is 1. The summed E-state index contributed by atoms with van der Waals surface area (Å²) in [4.78, 5) is 27.4. The molecule has 0 radical (unpaired) electrons. The highest BCUT2D eigenvalue weighted by atomic mass is 79.9. The standard InChI is InChI=1S/C18H13BrF3N3O3/c19-11-4-3-5-12(8-11)23-15(26)10-28-16(27)9-25-14-7-2-1-6-13(14)24-17(25)18(20,21)22/h1-8H,9-10H2,(H,23,26). The van der Waals surface area contributed by atoms with Gasteiger partial charge in [-0.1, -0.05) is 34.1 Å². The van der Waals surface area contributed by atoms with Crippen molar-refractivity contribution in [3.8, 4) is 0 Å². The number of carbonyl (C=O) groups excluding carboxylic acids is 2. The maximum absolute atomic E-state index is 13.2. The van der Waals surface area contributed by atoms with Crippen LogP contribution in [0.25, 0.3) is 11.0 Å². The largest absolute Gasteiger partial charge is 0.454 e. The van der Waals surface area contributed by atoms with Gasteiger partial charge in [0.15, 0.2) is 6.61 Å². The molecule has 0 spiro atoms. The van der Waals surface area contributed by atoms with E-state index in [-0.39, 0.29) is 11.0 Å². The van der Waals surface area contributed by atoms with Crippen LogP contribution in [0.4, 0.5) is 18.9 Å². The van der Waals surface area contributed by atoms with Gasteiger partial charge in [-0.3, -0.25) is 9.59 Å². The van der Waals surface area contributed by atoms with Gasteiger partial charge in [0.05, 0.1) is 11.0 Å². The maximum Gasteiger partial charge on any atom is 0.449 e. The summed E-state index contributed by atoms with van der Waals surface area (Å²) in [6, 6.07) is 12.7. The SMILES string of the molecule is O=C(COC(=O)Cn1c(C(F)(F)F)nc2ccccc21)Nc1cccc(Br)c1. The minimum atomic E-state index is -4.74. The number of aromatic nitrogens is 2. The first-order valence-electron chi connectivity index (χ1n) is 7.97. The Morgan fingerprint density at radius 2 is 1.89 bits per heavy atom. The third-order valence-electron chi connectivity index (χ3n) is 3.67. The number of esters is 1. The molecular weight excluding hydrogens is 443 g/mol. The molecule has 0 aliphatic heterocycles. The van der Waals surface area contributed by atoms with E-state index in [1.165, 1.54) is 18.2 Å². The van der Waals surface area contributed by atoms with Gasteiger partial charge in [0.2, 0.25) is 5.82 Å². The number of amides is 1. The van der Waals surface area contributed by atoms with Gasteiger partial charge in [-0.2, -0.15) is 13.2 Å². The molecule has 28 heavy (non-hydrogen) atoms. The number of nitrogens with one attached hydrogen (secondary N) is 1. The highest BCUT2D eigenvalue weighted by molar-refractivity contribution is 9.10. The molecule has 6 nitrogen and oxygen atoms in total. The second kappa shape index (κ2) is 8.01. The summed E-state index contributed by atoms with van der Waals surface area (Å²) >= 11 is 3.25. The lowest BCUT2D eigenvalue weighted by molar-refractivity contribution is -0.152. The van der Waals surface area contributed by atoms with E-state index >= 15 is 0 Å². The Hall–Kier alpha value is -2.88. The fraction of sp³-hybridized carbons (Fsp3) is 0.167. The van der Waals surface area contributed by atoms with Gasteiger partial charge in [-0.05, 0) is 30.3 Å². The Balaban J connectivity index is 1.67. The van der Waals surface area contributed by atoms with Crippen molar-refractivity contribution < 1.29 is 27.5 Å². The average Bonchev–Trinajstić information content (AvgIpc) is 2.99. The molecule has 10 heteroatoms. The van der Waals surface area contributed by atoms with Crippen LogP contribution in [0.5, 0.6) is 0 Å². The molecule has 3 aromatic rings. The van der Waals surface area contributed by atoms with Crippen molar-refractivity contribution in [1.82, 2.24) is 9.55 Å². The van der Waals surface area contributed by atoms with Crippen molar-refractivity contribution in [2.45, 2.75) is 12.7 Å². The van der Waals surface area contributed by atoms with Crippen LogP contribution >= 0.6 is 15.9 Å². The molecule has 0 atom stereocenters. The number of para-hydroxylation sites is 2. The molecule has 0 saturated heterocycles. The summed E-state index contributed by atoms with van der Waals surface area (Å²) in [7, 11) is 0. The molecular formula is C18H13BrF3N3O3. The lowest BCUT2D eigenvalue weighted by atomic mass is 10.3. The van der Waals surface area contributed by atoms with Crippen LogP contribution in [0, 0.1) is 0 Å². The van der Waals surface area contributed by atoms with E-state index in [2.05, 4.69) is 26.2 Å². The normalized spacial score (nSPS) is 11.4. The summed E-state index contributed by atoms with van der Waals surface area (Å²) in [5.41, 5.74) is 0.732. The van der Waals surface area contributed by atoms with E-state index in [9.17, 15) is 22.8 Å². The number of carbonyl (C=O) groups is 2. The van der Waals surface area contributed by atoms with Crippen LogP contribution in [0.1, 0.15) is 5.82 Å². The highest BCUT2D eigenvalue weighted by Crippen LogP contribution is 2.31. The van der Waals surface area contributed by atoms with Gasteiger partial charge >= 0.3 is 12.1 Å². The Morgan fingerprint density at radius 1 is 1.14 bits per heavy atom. The third-order valence-corrected chi connectivity index (χ3v) is 4.16. The second-order valence-corrected chi connectivity index (χ2v) is 6.64. The molecule has 1 aromatic heterocycles. The summed E-state index contributed by atoms with van der Waals surface area (Å²) < 4.78 is 46.0. The zero-order valence-electron chi connectivity index (χ0n) is 14.2. The first-order valence-corrected chi connectivity index (χ1v) is 8.77. The van der Waals surface area contributed by atoms with Crippen molar-refractivity contribution >= 4 is 44.5 Å². The number of benzene rings is 2. The lowest BCUT2D eigenvalue weighted by Gasteiger charge is -2.11. The summed E-state index contributed by atoms with van der Waals surface area (Å²) in [6.45, 7) is -1.35. The number of hydrogen-bond acceptors (Lipinski definition) is 4. The summed E-state index contributed by atoms with van der Waals surface area (Å²) in [5, 5.41) is 2.52. The predicted octanol–water partition coefficient (Wildman–Crippen LogP) is 4.00. The number of hydrogen-bond donors (Lipinski definition) is 1. The second-order valence-electron chi connectivity index (χ2n) is 5.73. The van der Waals surface area contributed by atoms with Gasteiger partial charge in [0.1, 0.15) is 6.54 Å². The van der Waals surface area contributed by atoms with Crippen LogP contribution in [-0.4, -0.2) is 28.0 Å². The minimum absolute atomic E-state index is 0.107. The fourth-order valence-corrected chi connectivity index (χ4v) is 2.94. The quantitative estimate of drug-likeness (QED) is 0.590. The van der Waals surface area contributed by atoms with E-state index in [1.54, 1.807) is 30.3 Å². The molecule has 0 bridgehead atoms. The van der Waals surface area contributed by atoms with Crippen molar-refractivity contribution in [3.05, 3.63) is 58.8 Å². The highest BCUT2D eigenvalue weighted by Gasteiger charge is 2.38. The Bertz CT molecular complexity index is 1030. The van der Waals surface area contributed by atoms with Crippen LogP contribution in [0.15, 0.2) is 53.0 Å². The molecule has 1 heterocycles. The summed E-state index contributed by atoms with van der Waals surface area (Å²) in [6.07, 6.45) is -4.74. The number of alkyl halides is 3. The van der Waals surface area contributed by atoms with Crippen molar-refractivity contribution in [2.24, 2.45) is 0 Å². The van der Waals surface area contributed by atoms with E-state index in [0.717, 1.165) is 9.04 Å². The molecule has 146 valence electrons. The van der Waals surface area contributed by atoms with Crippen molar-refractivity contribution in [2.75, 3.05) is 11.9 Å². The number of fused-ring (bicyclic) bond motifs is 1. The van der Waals surface area contributed by atoms with Crippen molar-refractivity contribution in [3.63, 3.8) is 0 Å². The molecule has 2 aromatic carbocycles. The van der Waals surface area contributed by atoms with Crippen LogP contribution in [0.3, 0.4) is 0 Å². The first kappa shape index (κ1) is 19.9. The van der Waals surface area contributed by atoms with Crippen LogP contribution in [0.2, 0.25) is 0 Å². The zero-order chi connectivity index (χ0) is 20.3. The lowest BCUT2D eigenvalue weighted by Crippen LogP contribution is -2.24. The summed E-state index contributed by atoms with van der Waals surface area (Å²) in [5.74, 6) is -2.81. The van der Waals surface area contributed by atoms with Gasteiger partial charge in [-0.15, -0.1) is 0 Å². The first-order chi connectivity index (χ1) is 13.2. The van der Waals surface area contributed by atoms with Crippen LogP contribution < -0.4 is 5.32 Å². The molecule has 0 aliphatic carbocycles. The number of rotatable bonds is 5. The van der Waals surface area contributed by atoms with Crippen molar-refractivity contribution in [1.29, 1.82) is 0 Å². The Kier molecular flexibility index (Phi) is 5.68. The molecule has 0 unspecified atom stereocenters. The Labute approximate surface area is 165 Å². The third kappa shape index (κ3) is 4.69. The molecule has 1 N–H and O–H groups in total. The smallest absolute Gasteiger partial charge is 0.449 e. The maximum atomic E-state index is 13.2. The molecule has 0 fully saturated rings. The van der Waals surface area contributed by atoms with E-state index in [0.29, 0.717) is 5.69 Å². The zero-order valence-corrected chi connectivity index (χ0v) is 15.8. The van der Waals surface area contributed by atoms with E-state index < -0.39 is 37.0 Å². The van der Waals surface area contributed by atoms with Gasteiger partial charge in [-0.25, -0.2) is 4.98 Å². The molecule has 0 saturated carbocycles. The monoisotopic (exact) mass is 455 g/mol. The predicted molar refractivity (Wildman–Crippen MR) is 98.5 cm³/mol. The van der Waals surface area contributed by atoms with Gasteiger partial charge < -0.3 is 14.6 Å². The number of anilines is 1. The van der Waals surface area contributed by atoms with E-state index in [1.807, 2.05) is 0 Å². The number of nitrogens with zero attached hydrogens (tertiary/aromatic N) is 2. The molecule has 0 aliphatic rings. The minimum Gasteiger partial charge on any atom is -0.454 e. The van der Waals surface area contributed by atoms with Gasteiger partial charge in [0.25, 0.3) is 5.91 Å². The van der Waals surface area contributed by atoms with Gasteiger partial charge in [0, 0.05) is 10.2 Å². The van der Waals surface area contributed by atoms with Crippen LogP contribution in [-0.2, 0) is 27.0 Å². The fourth-order valence-electron chi connectivity index (χ4n) is 2.54. The molecule has 1 amide bonds. The average molecular weight is 456 g/mol.